The number of nitrogens with one attached hydrogen (secondary N) is 2. The van der Waals surface area contributed by atoms with E-state index in [0.29, 0.717) is 25.9 Å². The zero-order valence-electron chi connectivity index (χ0n) is 18.0. The summed E-state index contributed by atoms with van der Waals surface area (Å²) in [6.07, 6.45) is 1.50. The van der Waals surface area contributed by atoms with Crippen molar-refractivity contribution >= 4 is 43.4 Å². The molecule has 3 aromatic rings. The van der Waals surface area contributed by atoms with Crippen LogP contribution in [0.5, 0.6) is 0 Å². The third-order valence-electron chi connectivity index (χ3n) is 4.89. The summed E-state index contributed by atoms with van der Waals surface area (Å²) >= 11 is 1.61. The molecule has 0 aliphatic carbocycles. The summed E-state index contributed by atoms with van der Waals surface area (Å²) in [6.45, 7) is 4.18. The van der Waals surface area contributed by atoms with E-state index in [0.717, 1.165) is 15.2 Å². The Labute approximate surface area is 191 Å². The molecule has 2 N–H and O–H groups in total. The molecular formula is C22H26N4O4S2. The molecule has 1 aromatic heterocycles. The van der Waals surface area contributed by atoms with Gasteiger partial charge in [-0.05, 0) is 43.2 Å². The first-order valence-electron chi connectivity index (χ1n) is 10.4. The average Bonchev–Trinajstić information content (AvgIpc) is 3.21. The summed E-state index contributed by atoms with van der Waals surface area (Å²) in [5, 5.41) is 0.967. The van der Waals surface area contributed by atoms with Crippen LogP contribution in [0.4, 0.5) is 0 Å². The highest BCUT2D eigenvalue weighted by Crippen LogP contribution is 2.22. The van der Waals surface area contributed by atoms with Crippen molar-refractivity contribution in [3.63, 3.8) is 0 Å². The lowest BCUT2D eigenvalue weighted by atomic mass is 10.2. The molecule has 32 heavy (non-hydrogen) atoms. The molecule has 0 radical (unpaired) electrons. The fraction of sp³-hybridized carbons (Fsp3) is 0.318. The summed E-state index contributed by atoms with van der Waals surface area (Å²) in [5.74, 6) is -0.910. The summed E-state index contributed by atoms with van der Waals surface area (Å²) in [5.41, 5.74) is 5.83. The number of hydrogen-bond acceptors (Lipinski definition) is 6. The average molecular weight is 475 g/mol. The number of thiazole rings is 1. The zero-order chi connectivity index (χ0) is 23.1. The molecule has 1 heterocycles. The van der Waals surface area contributed by atoms with Crippen LogP contribution >= 0.6 is 11.3 Å². The van der Waals surface area contributed by atoms with Crippen molar-refractivity contribution in [2.45, 2.75) is 38.0 Å². The Morgan fingerprint density at radius 1 is 1.03 bits per heavy atom. The van der Waals surface area contributed by atoms with Gasteiger partial charge in [-0.25, -0.2) is 13.4 Å². The maximum atomic E-state index is 12.6. The number of para-hydroxylation sites is 1. The van der Waals surface area contributed by atoms with Crippen LogP contribution in [-0.4, -0.2) is 42.6 Å². The number of sulfonamides is 1. The third-order valence-corrected chi connectivity index (χ3v) is 8.03. The molecule has 8 nitrogen and oxygen atoms in total. The SMILES string of the molecule is CCN(CC)S(=O)(=O)c1cccc(C(=O)NNC(=O)CCCc2nc3ccccc3s2)c1. The molecule has 0 spiro atoms. The molecule has 0 unspecified atom stereocenters. The van der Waals surface area contributed by atoms with Gasteiger partial charge in [0.05, 0.1) is 20.1 Å². The first kappa shape index (κ1) is 23.8. The largest absolute Gasteiger partial charge is 0.273 e. The highest BCUT2D eigenvalue weighted by atomic mass is 32.2. The van der Waals surface area contributed by atoms with Gasteiger partial charge >= 0.3 is 0 Å². The normalized spacial score (nSPS) is 11.6. The first-order chi connectivity index (χ1) is 15.3. The van der Waals surface area contributed by atoms with Crippen LogP contribution < -0.4 is 10.9 Å². The van der Waals surface area contributed by atoms with Crippen molar-refractivity contribution < 1.29 is 18.0 Å². The number of hydrazine groups is 1. The summed E-state index contributed by atoms with van der Waals surface area (Å²) in [6, 6.07) is 13.6. The van der Waals surface area contributed by atoms with Crippen LogP contribution in [0.2, 0.25) is 0 Å². The second kappa shape index (κ2) is 10.7. The maximum Gasteiger partial charge on any atom is 0.269 e. The van der Waals surface area contributed by atoms with E-state index in [9.17, 15) is 18.0 Å². The second-order valence-electron chi connectivity index (χ2n) is 7.05. The Kier molecular flexibility index (Phi) is 7.94. The minimum Gasteiger partial charge on any atom is -0.273 e. The van der Waals surface area contributed by atoms with Gasteiger partial charge in [0.1, 0.15) is 0 Å². The number of aryl methyl sites for hydroxylation is 1. The summed E-state index contributed by atoms with van der Waals surface area (Å²) in [7, 11) is -3.68. The van der Waals surface area contributed by atoms with Gasteiger partial charge in [0.25, 0.3) is 5.91 Å². The lowest BCUT2D eigenvalue weighted by Gasteiger charge is -2.18. The van der Waals surface area contributed by atoms with E-state index in [1.54, 1.807) is 25.2 Å². The van der Waals surface area contributed by atoms with Gasteiger partial charge in [-0.1, -0.05) is 32.0 Å². The van der Waals surface area contributed by atoms with Gasteiger partial charge in [-0.3, -0.25) is 20.4 Å². The summed E-state index contributed by atoms with van der Waals surface area (Å²) in [4.78, 5) is 29.1. The van der Waals surface area contributed by atoms with Crippen molar-refractivity contribution in [2.24, 2.45) is 0 Å². The van der Waals surface area contributed by atoms with Crippen molar-refractivity contribution in [1.29, 1.82) is 0 Å². The maximum absolute atomic E-state index is 12.6. The van der Waals surface area contributed by atoms with Gasteiger partial charge < -0.3 is 0 Å². The van der Waals surface area contributed by atoms with Crippen molar-refractivity contribution in [2.75, 3.05) is 13.1 Å². The number of benzene rings is 2. The minimum absolute atomic E-state index is 0.0380. The van der Waals surface area contributed by atoms with Gasteiger partial charge in [-0.2, -0.15) is 4.31 Å². The standard InChI is InChI=1S/C22H26N4O4S2/c1-3-26(4-2)32(29,30)17-10-7-9-16(15-17)22(28)25-24-20(27)13-8-14-21-23-18-11-5-6-12-19(18)31-21/h5-7,9-12,15H,3-4,8,13-14H2,1-2H3,(H,24,27)(H,25,28). The Bertz CT molecular complexity index is 1170. The Morgan fingerprint density at radius 2 is 1.78 bits per heavy atom. The van der Waals surface area contributed by atoms with Crippen molar-refractivity contribution in [1.82, 2.24) is 20.1 Å². The van der Waals surface area contributed by atoms with E-state index >= 15 is 0 Å². The van der Waals surface area contributed by atoms with E-state index in [1.165, 1.54) is 28.6 Å². The molecule has 3 rings (SSSR count). The predicted octanol–water partition coefficient (Wildman–Crippen LogP) is 3.11. The first-order valence-corrected chi connectivity index (χ1v) is 12.6. The van der Waals surface area contributed by atoms with Crippen LogP contribution in [0, 0.1) is 0 Å². The highest BCUT2D eigenvalue weighted by Gasteiger charge is 2.22. The lowest BCUT2D eigenvalue weighted by Crippen LogP contribution is -2.41. The Morgan fingerprint density at radius 3 is 2.50 bits per heavy atom. The summed E-state index contributed by atoms with van der Waals surface area (Å²) < 4.78 is 27.7. The number of rotatable bonds is 9. The molecule has 0 fully saturated rings. The monoisotopic (exact) mass is 474 g/mol. The molecule has 2 amide bonds. The molecular weight excluding hydrogens is 448 g/mol. The third kappa shape index (κ3) is 5.70. The molecule has 0 saturated heterocycles. The van der Waals surface area contributed by atoms with Crippen LogP contribution in [-0.2, 0) is 21.2 Å². The molecule has 2 aromatic carbocycles. The van der Waals surface area contributed by atoms with Crippen LogP contribution in [0.1, 0.15) is 42.1 Å². The predicted molar refractivity (Wildman–Crippen MR) is 125 cm³/mol. The lowest BCUT2D eigenvalue weighted by molar-refractivity contribution is -0.121. The fourth-order valence-electron chi connectivity index (χ4n) is 3.20. The molecule has 0 saturated carbocycles. The van der Waals surface area contributed by atoms with Crippen LogP contribution in [0.15, 0.2) is 53.4 Å². The smallest absolute Gasteiger partial charge is 0.269 e. The number of fused-ring (bicyclic) bond motifs is 1. The van der Waals surface area contributed by atoms with Crippen molar-refractivity contribution in [3.05, 3.63) is 59.1 Å². The number of carbonyl (C=O) groups is 2. The molecule has 0 atom stereocenters. The topological polar surface area (TPSA) is 108 Å². The Hall–Kier alpha value is -2.82. The molecule has 170 valence electrons. The minimum atomic E-state index is -3.68. The van der Waals surface area contributed by atoms with Crippen molar-refractivity contribution in [3.8, 4) is 0 Å². The van der Waals surface area contributed by atoms with E-state index in [2.05, 4.69) is 15.8 Å². The van der Waals surface area contributed by atoms with Gasteiger partial charge in [0, 0.05) is 25.1 Å². The number of nitrogens with zero attached hydrogens (tertiary/aromatic N) is 2. The number of amides is 2. The van der Waals surface area contributed by atoms with E-state index in [4.69, 9.17) is 0 Å². The van der Waals surface area contributed by atoms with Gasteiger partial charge in [0.2, 0.25) is 15.9 Å². The number of aromatic nitrogens is 1. The van der Waals surface area contributed by atoms with E-state index < -0.39 is 15.9 Å². The number of carbonyl (C=O) groups excluding carboxylic acids is 2. The van der Waals surface area contributed by atoms with Gasteiger partial charge in [-0.15, -0.1) is 11.3 Å². The molecule has 0 aliphatic rings. The highest BCUT2D eigenvalue weighted by molar-refractivity contribution is 7.89. The van der Waals surface area contributed by atoms with Crippen LogP contribution in [0.3, 0.4) is 0 Å². The van der Waals surface area contributed by atoms with E-state index in [1.807, 2.05) is 24.3 Å². The zero-order valence-corrected chi connectivity index (χ0v) is 19.6. The van der Waals surface area contributed by atoms with Crippen LogP contribution in [0.25, 0.3) is 10.2 Å². The second-order valence-corrected chi connectivity index (χ2v) is 10.1. The molecule has 0 bridgehead atoms. The molecule has 10 heteroatoms. The van der Waals surface area contributed by atoms with Gasteiger partial charge in [0.15, 0.2) is 0 Å². The quantitative estimate of drug-likeness (QED) is 0.463. The number of hydrogen-bond donors (Lipinski definition) is 2. The molecule has 0 aliphatic heterocycles. The Balaban J connectivity index is 1.51. The van der Waals surface area contributed by atoms with E-state index in [-0.39, 0.29) is 22.8 Å². The fourth-order valence-corrected chi connectivity index (χ4v) is 5.71.